The first kappa shape index (κ1) is 17.7. The van der Waals surface area contributed by atoms with Crippen LogP contribution in [-0.4, -0.2) is 42.0 Å². The predicted molar refractivity (Wildman–Crippen MR) is 92.2 cm³/mol. The van der Waals surface area contributed by atoms with E-state index in [0.717, 1.165) is 0 Å². The third-order valence-electron chi connectivity index (χ3n) is 3.60. The largest absolute Gasteiger partial charge is 0.423 e. The Morgan fingerprint density at radius 3 is 2.58 bits per heavy atom. The molecule has 1 aromatic carbocycles. The number of aromatic nitrogens is 1. The van der Waals surface area contributed by atoms with E-state index in [-0.39, 0.29) is 11.7 Å². The molecule has 2 aromatic rings. The number of oxazole rings is 1. The number of carbonyl (C=O) groups excluding carboxylic acids is 1. The van der Waals surface area contributed by atoms with E-state index in [1.807, 2.05) is 11.8 Å². The van der Waals surface area contributed by atoms with E-state index in [0.29, 0.717) is 43.5 Å². The molecule has 128 valence electrons. The molecular formula is C18H22FN3O2. The number of rotatable bonds is 2. The van der Waals surface area contributed by atoms with E-state index in [1.54, 1.807) is 36.2 Å². The normalized spacial score (nSPS) is 14.0. The van der Waals surface area contributed by atoms with Gasteiger partial charge in [-0.05, 0) is 19.1 Å². The topological polar surface area (TPSA) is 49.6 Å². The Morgan fingerprint density at radius 2 is 2.00 bits per heavy atom. The van der Waals surface area contributed by atoms with Crippen LogP contribution in [0.4, 0.5) is 10.4 Å². The minimum Gasteiger partial charge on any atom is -0.423 e. The zero-order valence-corrected chi connectivity index (χ0v) is 14.0. The molecule has 6 heteroatoms. The Balaban J connectivity index is 0.000000647. The van der Waals surface area contributed by atoms with Crippen molar-refractivity contribution in [3.8, 4) is 11.3 Å². The number of anilines is 1. The van der Waals surface area contributed by atoms with E-state index >= 15 is 0 Å². The molecule has 5 nitrogen and oxygen atoms in total. The fourth-order valence-corrected chi connectivity index (χ4v) is 2.40. The van der Waals surface area contributed by atoms with Crippen molar-refractivity contribution in [1.82, 2.24) is 9.88 Å². The summed E-state index contributed by atoms with van der Waals surface area (Å²) in [6.07, 6.45) is 3.35. The van der Waals surface area contributed by atoms with Crippen molar-refractivity contribution in [3.05, 3.63) is 48.9 Å². The Bertz CT molecular complexity index is 691. The van der Waals surface area contributed by atoms with Crippen molar-refractivity contribution in [2.24, 2.45) is 0 Å². The lowest BCUT2D eigenvalue weighted by molar-refractivity contribution is -0.129. The highest BCUT2D eigenvalue weighted by molar-refractivity contribution is 5.73. The van der Waals surface area contributed by atoms with Crippen LogP contribution < -0.4 is 4.90 Å². The summed E-state index contributed by atoms with van der Waals surface area (Å²) < 4.78 is 18.9. The number of carbonyl (C=O) groups is 1. The number of nitrogens with zero attached hydrogens (tertiary/aromatic N) is 3. The number of halogens is 1. The highest BCUT2D eigenvalue weighted by Gasteiger charge is 2.22. The molecule has 3 rings (SSSR count). The highest BCUT2D eigenvalue weighted by atomic mass is 19.1. The molecule has 0 bridgehead atoms. The molecule has 0 unspecified atom stereocenters. The van der Waals surface area contributed by atoms with Gasteiger partial charge < -0.3 is 14.2 Å². The van der Waals surface area contributed by atoms with Gasteiger partial charge in [-0.3, -0.25) is 4.79 Å². The van der Waals surface area contributed by atoms with Gasteiger partial charge in [-0.15, -0.1) is 6.58 Å². The van der Waals surface area contributed by atoms with E-state index < -0.39 is 0 Å². The van der Waals surface area contributed by atoms with Crippen molar-refractivity contribution in [2.45, 2.75) is 13.8 Å². The first-order chi connectivity index (χ1) is 11.5. The quantitative estimate of drug-likeness (QED) is 0.792. The number of hydrogen-bond acceptors (Lipinski definition) is 4. The van der Waals surface area contributed by atoms with Gasteiger partial charge in [0.1, 0.15) is 5.82 Å². The molecule has 24 heavy (non-hydrogen) atoms. The number of piperazine rings is 1. The molecule has 0 radical (unpaired) electrons. The summed E-state index contributed by atoms with van der Waals surface area (Å²) >= 11 is 0. The second-order valence-electron chi connectivity index (χ2n) is 5.42. The number of hydrogen-bond donors (Lipinski definition) is 0. The summed E-state index contributed by atoms with van der Waals surface area (Å²) in [7, 11) is 0. The van der Waals surface area contributed by atoms with Gasteiger partial charge in [0.2, 0.25) is 5.91 Å². The van der Waals surface area contributed by atoms with Gasteiger partial charge in [0, 0.05) is 38.7 Å². The summed E-state index contributed by atoms with van der Waals surface area (Å²) in [5, 5.41) is 0. The lowest BCUT2D eigenvalue weighted by Gasteiger charge is -2.33. The summed E-state index contributed by atoms with van der Waals surface area (Å²) in [6.45, 7) is 9.51. The summed E-state index contributed by atoms with van der Waals surface area (Å²) in [5.74, 6) is 0.321. The second kappa shape index (κ2) is 8.29. The standard InChI is InChI=1S/C15H16FN3O2.C3H6/c1-11(20)18-5-7-19(8-6-18)15-17-10-14(21-15)12-3-2-4-13(16)9-12;1-3-2/h2-4,9-10H,5-8H2,1H3;3H,1H2,2H3. The highest BCUT2D eigenvalue weighted by Crippen LogP contribution is 2.25. The second-order valence-corrected chi connectivity index (χ2v) is 5.42. The Labute approximate surface area is 141 Å². The maximum Gasteiger partial charge on any atom is 0.297 e. The molecule has 0 aliphatic carbocycles. The Kier molecular flexibility index (Phi) is 6.12. The van der Waals surface area contributed by atoms with E-state index in [4.69, 9.17) is 4.42 Å². The molecule has 1 amide bonds. The van der Waals surface area contributed by atoms with Crippen LogP contribution in [0.1, 0.15) is 13.8 Å². The van der Waals surface area contributed by atoms with Gasteiger partial charge in [0.25, 0.3) is 6.01 Å². The molecule has 0 spiro atoms. The van der Waals surface area contributed by atoms with Gasteiger partial charge in [-0.1, -0.05) is 18.2 Å². The van der Waals surface area contributed by atoms with Crippen LogP contribution in [0.2, 0.25) is 0 Å². The van der Waals surface area contributed by atoms with Crippen molar-refractivity contribution in [2.75, 3.05) is 31.1 Å². The van der Waals surface area contributed by atoms with Crippen molar-refractivity contribution in [3.63, 3.8) is 0 Å². The molecule has 2 heterocycles. The van der Waals surface area contributed by atoms with Gasteiger partial charge in [0.05, 0.1) is 6.20 Å². The summed E-state index contributed by atoms with van der Waals surface area (Å²) in [4.78, 5) is 19.3. The zero-order valence-electron chi connectivity index (χ0n) is 14.0. The fourth-order valence-electron chi connectivity index (χ4n) is 2.40. The van der Waals surface area contributed by atoms with Crippen LogP contribution in [0.25, 0.3) is 11.3 Å². The maximum absolute atomic E-state index is 13.2. The molecule has 1 aliphatic rings. The van der Waals surface area contributed by atoms with E-state index in [9.17, 15) is 9.18 Å². The smallest absolute Gasteiger partial charge is 0.297 e. The molecule has 1 aromatic heterocycles. The fraction of sp³-hybridized carbons (Fsp3) is 0.333. The zero-order chi connectivity index (χ0) is 17.5. The lowest BCUT2D eigenvalue weighted by atomic mass is 10.2. The van der Waals surface area contributed by atoms with Crippen molar-refractivity contribution in [1.29, 1.82) is 0 Å². The third kappa shape index (κ3) is 4.44. The third-order valence-corrected chi connectivity index (χ3v) is 3.60. The van der Waals surface area contributed by atoms with Crippen molar-refractivity contribution < 1.29 is 13.6 Å². The average Bonchev–Trinajstić information content (AvgIpc) is 3.06. The number of amides is 1. The van der Waals surface area contributed by atoms with Crippen LogP contribution in [-0.2, 0) is 4.79 Å². The van der Waals surface area contributed by atoms with Gasteiger partial charge in [-0.2, -0.15) is 0 Å². The van der Waals surface area contributed by atoms with Crippen LogP contribution >= 0.6 is 0 Å². The molecular weight excluding hydrogens is 309 g/mol. The first-order valence-corrected chi connectivity index (χ1v) is 7.84. The number of benzene rings is 1. The number of allylic oxidation sites excluding steroid dienone is 1. The lowest BCUT2D eigenvalue weighted by Crippen LogP contribution is -2.48. The van der Waals surface area contributed by atoms with Gasteiger partial charge in [-0.25, -0.2) is 9.37 Å². The van der Waals surface area contributed by atoms with Crippen LogP contribution in [0.15, 0.2) is 47.5 Å². The van der Waals surface area contributed by atoms with Gasteiger partial charge >= 0.3 is 0 Å². The van der Waals surface area contributed by atoms with Crippen LogP contribution in [0.5, 0.6) is 0 Å². The van der Waals surface area contributed by atoms with Crippen LogP contribution in [0, 0.1) is 5.82 Å². The van der Waals surface area contributed by atoms with E-state index in [1.165, 1.54) is 12.1 Å². The van der Waals surface area contributed by atoms with Crippen molar-refractivity contribution >= 4 is 11.9 Å². The Hall–Kier alpha value is -2.63. The monoisotopic (exact) mass is 331 g/mol. The molecule has 0 saturated carbocycles. The summed E-state index contributed by atoms with van der Waals surface area (Å²) in [5.41, 5.74) is 0.663. The predicted octanol–water partition coefficient (Wildman–Crippen LogP) is 3.34. The first-order valence-electron chi connectivity index (χ1n) is 7.84. The Morgan fingerprint density at radius 1 is 1.33 bits per heavy atom. The molecule has 0 N–H and O–H groups in total. The molecule has 1 fully saturated rings. The minimum absolute atomic E-state index is 0.0857. The molecule has 1 aliphatic heterocycles. The molecule has 0 atom stereocenters. The average molecular weight is 331 g/mol. The van der Waals surface area contributed by atoms with Gasteiger partial charge in [0.15, 0.2) is 5.76 Å². The maximum atomic E-state index is 13.2. The van der Waals surface area contributed by atoms with E-state index in [2.05, 4.69) is 11.6 Å². The minimum atomic E-state index is -0.305. The SMILES string of the molecule is C=CC.CC(=O)N1CCN(c2ncc(-c3cccc(F)c3)o2)CC1. The summed E-state index contributed by atoms with van der Waals surface area (Å²) in [6, 6.07) is 6.73. The molecule has 1 saturated heterocycles. The van der Waals surface area contributed by atoms with Crippen LogP contribution in [0.3, 0.4) is 0 Å².